The highest BCUT2D eigenvalue weighted by atomic mass is 16.5. The predicted octanol–water partition coefficient (Wildman–Crippen LogP) is 5.51. The lowest BCUT2D eigenvalue weighted by molar-refractivity contribution is -0.120. The largest absolute Gasteiger partial charge is 0.496 e. The van der Waals surface area contributed by atoms with Crippen molar-refractivity contribution in [3.8, 4) is 5.75 Å². The first-order chi connectivity index (χ1) is 15.3. The van der Waals surface area contributed by atoms with E-state index in [4.69, 9.17) is 9.47 Å². The molecule has 3 aliphatic rings. The van der Waals surface area contributed by atoms with Crippen molar-refractivity contribution in [3.63, 3.8) is 0 Å². The number of fused-ring (bicyclic) bond motifs is 3. The van der Waals surface area contributed by atoms with Gasteiger partial charge in [0.15, 0.2) is 0 Å². The minimum atomic E-state index is 0.206. The SMILES string of the molecule is COc1ccccc1CO[C@@H]1C2CCN(CC2)[C@@H]1C(c1ccccc1)c1ccccc1. The van der Waals surface area contributed by atoms with Crippen LogP contribution in [0.1, 0.15) is 35.4 Å². The third-order valence-electron chi connectivity index (χ3n) is 7.08. The van der Waals surface area contributed by atoms with Crippen LogP contribution in [-0.4, -0.2) is 37.2 Å². The molecule has 6 rings (SSSR count). The van der Waals surface area contributed by atoms with E-state index < -0.39 is 0 Å². The number of piperidine rings is 3. The Kier molecular flexibility index (Phi) is 6.06. The molecule has 0 aromatic heterocycles. The summed E-state index contributed by atoms with van der Waals surface area (Å²) in [7, 11) is 1.73. The smallest absolute Gasteiger partial charge is 0.124 e. The van der Waals surface area contributed by atoms with Gasteiger partial charge in [-0.1, -0.05) is 78.9 Å². The molecule has 0 amide bonds. The lowest BCUT2D eigenvalue weighted by Gasteiger charge is -2.53. The van der Waals surface area contributed by atoms with E-state index in [2.05, 4.69) is 77.7 Å². The van der Waals surface area contributed by atoms with Crippen molar-refractivity contribution in [1.82, 2.24) is 4.90 Å². The molecule has 2 atom stereocenters. The molecule has 0 spiro atoms. The second-order valence-electron chi connectivity index (χ2n) is 8.75. The second-order valence-corrected chi connectivity index (χ2v) is 8.75. The van der Waals surface area contributed by atoms with Crippen LogP contribution in [0, 0.1) is 5.92 Å². The highest BCUT2D eigenvalue weighted by Crippen LogP contribution is 2.43. The molecular formula is C28H31NO2. The Morgan fingerprint density at radius 3 is 2.00 bits per heavy atom. The Balaban J connectivity index is 1.49. The summed E-state index contributed by atoms with van der Waals surface area (Å²) in [4.78, 5) is 2.68. The zero-order valence-electron chi connectivity index (χ0n) is 18.2. The maximum Gasteiger partial charge on any atom is 0.124 e. The molecule has 3 heterocycles. The van der Waals surface area contributed by atoms with Gasteiger partial charge in [0.25, 0.3) is 0 Å². The van der Waals surface area contributed by atoms with Crippen LogP contribution < -0.4 is 4.74 Å². The number of ether oxygens (including phenoxy) is 2. The van der Waals surface area contributed by atoms with Crippen molar-refractivity contribution in [2.45, 2.75) is 37.5 Å². The van der Waals surface area contributed by atoms with Gasteiger partial charge in [0.1, 0.15) is 5.75 Å². The van der Waals surface area contributed by atoms with Crippen molar-refractivity contribution >= 4 is 0 Å². The maximum absolute atomic E-state index is 6.76. The van der Waals surface area contributed by atoms with Gasteiger partial charge in [-0.25, -0.2) is 0 Å². The first-order valence-electron chi connectivity index (χ1n) is 11.4. The number of rotatable bonds is 7. The average Bonchev–Trinajstić information content (AvgIpc) is 2.85. The van der Waals surface area contributed by atoms with E-state index in [1.54, 1.807) is 7.11 Å². The molecule has 3 aliphatic heterocycles. The molecule has 31 heavy (non-hydrogen) atoms. The predicted molar refractivity (Wildman–Crippen MR) is 124 cm³/mol. The molecule has 0 radical (unpaired) electrons. The highest BCUT2D eigenvalue weighted by Gasteiger charge is 2.47. The first-order valence-corrected chi connectivity index (χ1v) is 11.4. The van der Waals surface area contributed by atoms with Crippen LogP contribution in [0.2, 0.25) is 0 Å². The molecule has 0 saturated carbocycles. The number of hydrogen-bond acceptors (Lipinski definition) is 3. The summed E-state index contributed by atoms with van der Waals surface area (Å²) in [5.41, 5.74) is 3.87. The van der Waals surface area contributed by atoms with Crippen LogP contribution >= 0.6 is 0 Å². The monoisotopic (exact) mass is 413 g/mol. The minimum absolute atomic E-state index is 0.206. The van der Waals surface area contributed by atoms with Gasteiger partial charge in [-0.15, -0.1) is 0 Å². The van der Waals surface area contributed by atoms with Gasteiger partial charge in [0.2, 0.25) is 0 Å². The maximum atomic E-state index is 6.76. The quantitative estimate of drug-likeness (QED) is 0.510. The summed E-state index contributed by atoms with van der Waals surface area (Å²) in [6.45, 7) is 2.92. The summed E-state index contributed by atoms with van der Waals surface area (Å²) < 4.78 is 12.3. The Morgan fingerprint density at radius 1 is 0.806 bits per heavy atom. The van der Waals surface area contributed by atoms with Crippen molar-refractivity contribution in [1.29, 1.82) is 0 Å². The summed E-state index contributed by atoms with van der Waals surface area (Å²) in [5, 5.41) is 0. The summed E-state index contributed by atoms with van der Waals surface area (Å²) in [6, 6.07) is 30.5. The molecule has 3 heteroatoms. The zero-order chi connectivity index (χ0) is 21.0. The number of para-hydroxylation sites is 1. The first kappa shape index (κ1) is 20.3. The summed E-state index contributed by atoms with van der Waals surface area (Å²) in [5.74, 6) is 1.82. The van der Waals surface area contributed by atoms with Crippen LogP contribution in [-0.2, 0) is 11.3 Å². The topological polar surface area (TPSA) is 21.7 Å². The van der Waals surface area contributed by atoms with Gasteiger partial charge < -0.3 is 9.47 Å². The normalized spacial score (nSPS) is 25.0. The van der Waals surface area contributed by atoms with E-state index in [1.165, 1.54) is 37.1 Å². The van der Waals surface area contributed by atoms with E-state index in [1.807, 2.05) is 12.1 Å². The summed E-state index contributed by atoms with van der Waals surface area (Å²) >= 11 is 0. The fourth-order valence-corrected chi connectivity index (χ4v) is 5.58. The van der Waals surface area contributed by atoms with Crippen LogP contribution in [0.3, 0.4) is 0 Å². The Hall–Kier alpha value is -2.62. The molecule has 3 fully saturated rings. The van der Waals surface area contributed by atoms with E-state index >= 15 is 0 Å². The molecule has 3 saturated heterocycles. The molecule has 160 valence electrons. The second kappa shape index (κ2) is 9.25. The number of methoxy groups -OCH3 is 1. The fraction of sp³-hybridized carbons (Fsp3) is 0.357. The van der Waals surface area contributed by atoms with E-state index in [-0.39, 0.29) is 6.10 Å². The van der Waals surface area contributed by atoms with Crippen molar-refractivity contribution in [2.75, 3.05) is 20.2 Å². The molecule has 0 N–H and O–H groups in total. The van der Waals surface area contributed by atoms with E-state index in [0.29, 0.717) is 24.5 Å². The van der Waals surface area contributed by atoms with Crippen molar-refractivity contribution in [2.24, 2.45) is 5.92 Å². The van der Waals surface area contributed by atoms with Gasteiger partial charge in [0, 0.05) is 17.5 Å². The average molecular weight is 414 g/mol. The van der Waals surface area contributed by atoms with Gasteiger partial charge in [-0.05, 0) is 49.0 Å². The number of hydrogen-bond donors (Lipinski definition) is 0. The lowest BCUT2D eigenvalue weighted by atomic mass is 9.72. The van der Waals surface area contributed by atoms with Gasteiger partial charge >= 0.3 is 0 Å². The fourth-order valence-electron chi connectivity index (χ4n) is 5.58. The molecule has 3 aromatic rings. The van der Waals surface area contributed by atoms with Crippen LogP contribution in [0.5, 0.6) is 5.75 Å². The zero-order valence-corrected chi connectivity index (χ0v) is 18.2. The van der Waals surface area contributed by atoms with Crippen LogP contribution in [0.4, 0.5) is 0 Å². The molecule has 3 nitrogen and oxygen atoms in total. The standard InChI is InChI=1S/C28H31NO2/c1-30-25-15-9-8-14-24(25)20-31-28-23-16-18-29(19-17-23)27(28)26(21-10-4-2-5-11-21)22-12-6-3-7-13-22/h2-15,23,26-28H,16-20H2,1H3/t27-,28-/m1/s1. The number of nitrogens with zero attached hydrogens (tertiary/aromatic N) is 1. The molecule has 3 aromatic carbocycles. The van der Waals surface area contributed by atoms with Crippen molar-refractivity contribution < 1.29 is 9.47 Å². The van der Waals surface area contributed by atoms with Crippen LogP contribution in [0.15, 0.2) is 84.9 Å². The Bertz CT molecular complexity index is 927. The molecular weight excluding hydrogens is 382 g/mol. The third kappa shape index (κ3) is 4.13. The highest BCUT2D eigenvalue weighted by molar-refractivity contribution is 5.36. The van der Waals surface area contributed by atoms with Gasteiger partial charge in [-0.3, -0.25) is 4.90 Å². The molecule has 0 aliphatic carbocycles. The van der Waals surface area contributed by atoms with E-state index in [0.717, 1.165) is 11.3 Å². The van der Waals surface area contributed by atoms with Crippen LogP contribution in [0.25, 0.3) is 0 Å². The minimum Gasteiger partial charge on any atom is -0.496 e. The lowest BCUT2D eigenvalue weighted by Crippen LogP contribution is -2.60. The van der Waals surface area contributed by atoms with E-state index in [9.17, 15) is 0 Å². The Labute approximate surface area is 185 Å². The van der Waals surface area contributed by atoms with Gasteiger partial charge in [-0.2, -0.15) is 0 Å². The number of benzene rings is 3. The van der Waals surface area contributed by atoms with Crippen molar-refractivity contribution in [3.05, 3.63) is 102 Å². The Morgan fingerprint density at radius 2 is 1.39 bits per heavy atom. The molecule has 0 unspecified atom stereocenters. The molecule has 2 bridgehead atoms. The summed E-state index contributed by atoms with van der Waals surface area (Å²) in [6.07, 6.45) is 2.66. The third-order valence-corrected chi connectivity index (χ3v) is 7.08. The van der Waals surface area contributed by atoms with Gasteiger partial charge in [0.05, 0.1) is 19.8 Å².